The van der Waals surface area contributed by atoms with Gasteiger partial charge in [-0.3, -0.25) is 14.6 Å². The lowest BCUT2D eigenvalue weighted by molar-refractivity contribution is -0.153. The highest BCUT2D eigenvalue weighted by Crippen LogP contribution is 2.41. The Balaban J connectivity index is 1.84. The fraction of sp³-hybridized carbons (Fsp3) is 0.533. The van der Waals surface area contributed by atoms with Gasteiger partial charge in [0.25, 0.3) is 0 Å². The second kappa shape index (κ2) is 3.43. The highest BCUT2D eigenvalue weighted by atomic mass is 16.1. The number of rotatable bonds is 1. The van der Waals surface area contributed by atoms with E-state index in [-0.39, 0.29) is 11.3 Å². The van der Waals surface area contributed by atoms with Gasteiger partial charge >= 0.3 is 0 Å². The number of piperidine rings is 2. The molecule has 1 aromatic rings. The molecule has 4 fully saturated rings. The molecule has 4 aliphatic heterocycles. The molecule has 3 heteroatoms. The summed E-state index contributed by atoms with van der Waals surface area (Å²) in [5.74, 6) is 0.724. The molecule has 5 rings (SSSR count). The fourth-order valence-electron chi connectivity index (χ4n) is 4.10. The van der Waals surface area contributed by atoms with Gasteiger partial charge in [0.05, 0.1) is 12.1 Å². The van der Waals surface area contributed by atoms with Crippen LogP contribution in [0.3, 0.4) is 0 Å². The molecule has 0 radical (unpaired) electrons. The van der Waals surface area contributed by atoms with Gasteiger partial charge < -0.3 is 0 Å². The van der Waals surface area contributed by atoms with Gasteiger partial charge in [0.2, 0.25) is 0 Å². The van der Waals surface area contributed by atoms with Crippen molar-refractivity contribution in [2.24, 2.45) is 5.92 Å². The Bertz CT molecular complexity index is 511. The summed E-state index contributed by atoms with van der Waals surface area (Å²) in [6.45, 7) is 6.95. The SMILES string of the molecule is Cc1cccc(C23CN4CC(CN(C4)C2)C3=O)c1. The summed E-state index contributed by atoms with van der Waals surface area (Å²) in [5, 5.41) is 0. The minimum atomic E-state index is -0.245. The molecule has 1 aromatic carbocycles. The molecule has 4 aliphatic rings. The summed E-state index contributed by atoms with van der Waals surface area (Å²) in [6, 6.07) is 8.53. The minimum Gasteiger partial charge on any atom is -0.298 e. The van der Waals surface area contributed by atoms with E-state index < -0.39 is 0 Å². The number of hydrogen-bond donors (Lipinski definition) is 0. The van der Waals surface area contributed by atoms with Crippen molar-refractivity contribution in [3.63, 3.8) is 0 Å². The van der Waals surface area contributed by atoms with Crippen molar-refractivity contribution < 1.29 is 4.79 Å². The van der Waals surface area contributed by atoms with Crippen LogP contribution in [0.4, 0.5) is 0 Å². The van der Waals surface area contributed by atoms with E-state index >= 15 is 0 Å². The molecule has 0 spiro atoms. The molecule has 0 aliphatic carbocycles. The molecule has 3 nitrogen and oxygen atoms in total. The van der Waals surface area contributed by atoms with E-state index in [1.807, 2.05) is 0 Å². The largest absolute Gasteiger partial charge is 0.298 e. The lowest BCUT2D eigenvalue weighted by Crippen LogP contribution is -2.73. The zero-order valence-electron chi connectivity index (χ0n) is 10.7. The molecular formula is C15H18N2O. The summed E-state index contributed by atoms with van der Waals surface area (Å²) in [6.07, 6.45) is 0. The van der Waals surface area contributed by atoms with E-state index in [1.54, 1.807) is 0 Å². The topological polar surface area (TPSA) is 23.6 Å². The van der Waals surface area contributed by atoms with Crippen LogP contribution in [-0.4, -0.2) is 48.4 Å². The van der Waals surface area contributed by atoms with Gasteiger partial charge in [0.1, 0.15) is 0 Å². The lowest BCUT2D eigenvalue weighted by Gasteiger charge is -2.58. The van der Waals surface area contributed by atoms with Gasteiger partial charge in [0.15, 0.2) is 5.78 Å². The summed E-state index contributed by atoms with van der Waals surface area (Å²) in [5.41, 5.74) is 2.23. The van der Waals surface area contributed by atoms with E-state index in [0.717, 1.165) is 32.8 Å². The number of nitrogens with zero attached hydrogens (tertiary/aromatic N) is 2. The van der Waals surface area contributed by atoms with Crippen LogP contribution in [-0.2, 0) is 10.2 Å². The summed E-state index contributed by atoms with van der Waals surface area (Å²) >= 11 is 0. The van der Waals surface area contributed by atoms with Gasteiger partial charge in [-0.2, -0.15) is 0 Å². The molecule has 0 aromatic heterocycles. The monoisotopic (exact) mass is 242 g/mol. The van der Waals surface area contributed by atoms with Crippen molar-refractivity contribution >= 4 is 5.78 Å². The maximum absolute atomic E-state index is 12.8. The molecule has 18 heavy (non-hydrogen) atoms. The van der Waals surface area contributed by atoms with Crippen molar-refractivity contribution in [3.05, 3.63) is 35.4 Å². The molecule has 4 heterocycles. The third-order valence-electron chi connectivity index (χ3n) is 4.76. The van der Waals surface area contributed by atoms with Crippen LogP contribution in [0.2, 0.25) is 0 Å². The Morgan fingerprint density at radius 1 is 1.22 bits per heavy atom. The predicted molar refractivity (Wildman–Crippen MR) is 69.4 cm³/mol. The van der Waals surface area contributed by atoms with Crippen LogP contribution in [0.5, 0.6) is 0 Å². The van der Waals surface area contributed by atoms with Gasteiger partial charge in [-0.05, 0) is 12.5 Å². The number of Topliss-reactive ketones (excluding diaryl/α,β-unsaturated/α-hetero) is 1. The minimum absolute atomic E-state index is 0.238. The Kier molecular flexibility index (Phi) is 2.04. The molecule has 94 valence electrons. The zero-order chi connectivity index (χ0) is 12.3. The zero-order valence-corrected chi connectivity index (χ0v) is 10.7. The van der Waals surface area contributed by atoms with Crippen LogP contribution >= 0.6 is 0 Å². The smallest absolute Gasteiger partial charge is 0.151 e. The highest BCUT2D eigenvalue weighted by molar-refractivity contribution is 5.95. The highest BCUT2D eigenvalue weighted by Gasteiger charge is 2.56. The average molecular weight is 242 g/mol. The number of aryl methyl sites for hydroxylation is 1. The van der Waals surface area contributed by atoms with E-state index in [0.29, 0.717) is 5.78 Å². The summed E-state index contributed by atoms with van der Waals surface area (Å²) in [7, 11) is 0. The first kappa shape index (κ1) is 10.7. The predicted octanol–water partition coefficient (Wildman–Crippen LogP) is 1.02. The molecule has 4 bridgehead atoms. The van der Waals surface area contributed by atoms with Crippen molar-refractivity contribution in [2.75, 3.05) is 32.8 Å². The molecule has 0 saturated carbocycles. The van der Waals surface area contributed by atoms with Crippen molar-refractivity contribution in [1.29, 1.82) is 0 Å². The van der Waals surface area contributed by atoms with E-state index in [1.165, 1.54) is 11.1 Å². The first-order valence-electron chi connectivity index (χ1n) is 6.74. The third kappa shape index (κ3) is 1.29. The van der Waals surface area contributed by atoms with Crippen LogP contribution in [0, 0.1) is 12.8 Å². The summed E-state index contributed by atoms with van der Waals surface area (Å²) in [4.78, 5) is 17.6. The second-order valence-corrected chi connectivity index (χ2v) is 6.18. The number of benzene rings is 1. The normalized spacial score (nSPS) is 41.4. The number of ketones is 1. The maximum atomic E-state index is 12.8. The van der Waals surface area contributed by atoms with Crippen molar-refractivity contribution in [2.45, 2.75) is 12.3 Å². The molecule has 0 amide bonds. The number of carbonyl (C=O) groups is 1. The van der Waals surface area contributed by atoms with Gasteiger partial charge in [0, 0.05) is 32.1 Å². The molecule has 2 atom stereocenters. The van der Waals surface area contributed by atoms with Crippen LogP contribution in [0.25, 0.3) is 0 Å². The fourth-order valence-corrected chi connectivity index (χ4v) is 4.10. The standard InChI is InChI=1S/C15H18N2O/c1-11-3-2-4-13(5-11)15-8-16-6-12(14(15)18)7-17(9-15)10-16/h2-5,12H,6-10H2,1H3. The van der Waals surface area contributed by atoms with Crippen LogP contribution in [0.1, 0.15) is 11.1 Å². The van der Waals surface area contributed by atoms with Crippen LogP contribution in [0.15, 0.2) is 24.3 Å². The van der Waals surface area contributed by atoms with Crippen molar-refractivity contribution in [3.8, 4) is 0 Å². The Morgan fingerprint density at radius 2 is 1.94 bits per heavy atom. The number of hydrogen-bond acceptors (Lipinski definition) is 3. The molecule has 2 unspecified atom stereocenters. The maximum Gasteiger partial charge on any atom is 0.151 e. The lowest BCUT2D eigenvalue weighted by atomic mass is 9.65. The molecule has 4 saturated heterocycles. The van der Waals surface area contributed by atoms with E-state index in [2.05, 4.69) is 41.0 Å². The van der Waals surface area contributed by atoms with Crippen LogP contribution < -0.4 is 0 Å². The van der Waals surface area contributed by atoms with Crippen molar-refractivity contribution in [1.82, 2.24) is 9.80 Å². The Hall–Kier alpha value is -1.19. The molecule has 0 N–H and O–H groups in total. The first-order chi connectivity index (χ1) is 8.67. The van der Waals surface area contributed by atoms with Gasteiger partial charge in [-0.1, -0.05) is 29.8 Å². The quantitative estimate of drug-likeness (QED) is 0.734. The van der Waals surface area contributed by atoms with E-state index in [4.69, 9.17) is 0 Å². The van der Waals surface area contributed by atoms with E-state index in [9.17, 15) is 4.79 Å². The Labute approximate surface area is 107 Å². The third-order valence-corrected chi connectivity index (χ3v) is 4.76. The average Bonchev–Trinajstić information content (AvgIpc) is 2.35. The first-order valence-corrected chi connectivity index (χ1v) is 6.74. The number of carbonyl (C=O) groups excluding carboxylic acids is 1. The second-order valence-electron chi connectivity index (χ2n) is 6.18. The Morgan fingerprint density at radius 3 is 2.61 bits per heavy atom. The van der Waals surface area contributed by atoms with Gasteiger partial charge in [-0.15, -0.1) is 0 Å². The molecular weight excluding hydrogens is 224 g/mol. The summed E-state index contributed by atoms with van der Waals surface area (Å²) < 4.78 is 0. The van der Waals surface area contributed by atoms with Gasteiger partial charge in [-0.25, -0.2) is 0 Å².